The van der Waals surface area contributed by atoms with Crippen molar-refractivity contribution in [1.29, 1.82) is 0 Å². The van der Waals surface area contributed by atoms with Crippen LogP contribution in [0.1, 0.15) is 51.3 Å². The SMILES string of the molecule is CCCCN1C(=O)C(CCC)NC1c1ccccc1. The van der Waals surface area contributed by atoms with Gasteiger partial charge in [-0.2, -0.15) is 0 Å². The number of amides is 1. The first-order valence-corrected chi connectivity index (χ1v) is 7.39. The summed E-state index contributed by atoms with van der Waals surface area (Å²) in [5.41, 5.74) is 1.19. The highest BCUT2D eigenvalue weighted by Gasteiger charge is 2.38. The molecule has 1 saturated heterocycles. The second kappa shape index (κ2) is 6.71. The molecule has 3 heteroatoms. The number of unbranched alkanes of at least 4 members (excludes halogenated alkanes) is 1. The first kappa shape index (κ1) is 14.1. The van der Waals surface area contributed by atoms with Gasteiger partial charge in [-0.25, -0.2) is 0 Å². The predicted octanol–water partition coefficient (Wildman–Crippen LogP) is 3.09. The van der Waals surface area contributed by atoms with Gasteiger partial charge in [-0.3, -0.25) is 10.1 Å². The summed E-state index contributed by atoms with van der Waals surface area (Å²) in [5, 5.41) is 3.49. The molecular formula is C16H24N2O. The standard InChI is InChI=1S/C16H24N2O/c1-3-5-12-18-15(13-10-7-6-8-11-13)17-14(9-4-2)16(18)19/h6-8,10-11,14-15,17H,3-5,9,12H2,1-2H3. The second-order valence-electron chi connectivity index (χ2n) is 5.21. The Hall–Kier alpha value is -1.35. The highest BCUT2D eigenvalue weighted by molar-refractivity contribution is 5.84. The fraction of sp³-hybridized carbons (Fsp3) is 0.562. The van der Waals surface area contributed by atoms with E-state index < -0.39 is 0 Å². The van der Waals surface area contributed by atoms with E-state index in [-0.39, 0.29) is 18.1 Å². The van der Waals surface area contributed by atoms with Gasteiger partial charge in [-0.15, -0.1) is 0 Å². The molecule has 3 nitrogen and oxygen atoms in total. The number of nitrogens with one attached hydrogen (secondary N) is 1. The quantitative estimate of drug-likeness (QED) is 0.852. The Bertz CT molecular complexity index is 404. The van der Waals surface area contributed by atoms with E-state index in [1.165, 1.54) is 5.56 Å². The molecule has 1 amide bonds. The van der Waals surface area contributed by atoms with E-state index >= 15 is 0 Å². The molecule has 19 heavy (non-hydrogen) atoms. The number of hydrogen-bond acceptors (Lipinski definition) is 2. The molecule has 2 atom stereocenters. The van der Waals surface area contributed by atoms with Crippen molar-refractivity contribution in [2.45, 2.75) is 51.7 Å². The first-order chi connectivity index (χ1) is 9.27. The molecule has 1 aliphatic rings. The average molecular weight is 260 g/mol. The van der Waals surface area contributed by atoms with Crippen LogP contribution in [0.3, 0.4) is 0 Å². The summed E-state index contributed by atoms with van der Waals surface area (Å²) in [6, 6.07) is 10.3. The molecule has 0 aromatic heterocycles. The van der Waals surface area contributed by atoms with Crippen LogP contribution in [0.4, 0.5) is 0 Å². The lowest BCUT2D eigenvalue weighted by Crippen LogP contribution is -2.31. The van der Waals surface area contributed by atoms with Gasteiger partial charge in [0.15, 0.2) is 0 Å². The number of benzene rings is 1. The van der Waals surface area contributed by atoms with Crippen LogP contribution in [0, 0.1) is 0 Å². The van der Waals surface area contributed by atoms with Gasteiger partial charge in [0.05, 0.1) is 6.04 Å². The molecule has 104 valence electrons. The topological polar surface area (TPSA) is 32.3 Å². The van der Waals surface area contributed by atoms with Crippen LogP contribution >= 0.6 is 0 Å². The Morgan fingerprint density at radius 2 is 1.89 bits per heavy atom. The number of hydrogen-bond donors (Lipinski definition) is 1. The van der Waals surface area contributed by atoms with Crippen LogP contribution in [-0.4, -0.2) is 23.4 Å². The Morgan fingerprint density at radius 3 is 2.53 bits per heavy atom. The maximum absolute atomic E-state index is 12.4. The third kappa shape index (κ3) is 3.16. The molecule has 0 bridgehead atoms. The van der Waals surface area contributed by atoms with Crippen molar-refractivity contribution in [1.82, 2.24) is 10.2 Å². The number of rotatable bonds is 6. The lowest BCUT2D eigenvalue weighted by molar-refractivity contribution is -0.130. The predicted molar refractivity (Wildman–Crippen MR) is 77.6 cm³/mol. The summed E-state index contributed by atoms with van der Waals surface area (Å²) in [5.74, 6) is 0.268. The zero-order valence-corrected chi connectivity index (χ0v) is 11.9. The van der Waals surface area contributed by atoms with E-state index in [1.54, 1.807) is 0 Å². The summed E-state index contributed by atoms with van der Waals surface area (Å²) in [6.45, 7) is 5.14. The maximum Gasteiger partial charge on any atom is 0.241 e. The number of nitrogens with zero attached hydrogens (tertiary/aromatic N) is 1. The molecule has 1 fully saturated rings. The minimum Gasteiger partial charge on any atom is -0.322 e. The highest BCUT2D eigenvalue weighted by Crippen LogP contribution is 2.27. The van der Waals surface area contributed by atoms with Gasteiger partial charge < -0.3 is 4.90 Å². The Balaban J connectivity index is 2.17. The van der Waals surface area contributed by atoms with Gasteiger partial charge in [-0.1, -0.05) is 57.0 Å². The van der Waals surface area contributed by atoms with E-state index in [0.717, 1.165) is 32.2 Å². The molecule has 2 unspecified atom stereocenters. The Morgan fingerprint density at radius 1 is 1.16 bits per heavy atom. The molecule has 1 aromatic rings. The summed E-state index contributed by atoms with van der Waals surface area (Å²) in [4.78, 5) is 14.5. The van der Waals surface area contributed by atoms with Crippen molar-refractivity contribution >= 4 is 5.91 Å². The largest absolute Gasteiger partial charge is 0.322 e. The maximum atomic E-state index is 12.4. The molecule has 1 aliphatic heterocycles. The van der Waals surface area contributed by atoms with Crippen LogP contribution in [-0.2, 0) is 4.79 Å². The molecule has 0 aliphatic carbocycles. The molecular weight excluding hydrogens is 236 g/mol. The van der Waals surface area contributed by atoms with Gasteiger partial charge in [0.2, 0.25) is 5.91 Å². The van der Waals surface area contributed by atoms with Crippen molar-refractivity contribution in [3.05, 3.63) is 35.9 Å². The van der Waals surface area contributed by atoms with Crippen molar-refractivity contribution in [2.75, 3.05) is 6.54 Å². The van der Waals surface area contributed by atoms with Gasteiger partial charge in [0.25, 0.3) is 0 Å². The number of carbonyl (C=O) groups is 1. The Kier molecular flexibility index (Phi) is 4.97. The van der Waals surface area contributed by atoms with E-state index in [2.05, 4.69) is 31.3 Å². The van der Waals surface area contributed by atoms with Crippen LogP contribution in [0.15, 0.2) is 30.3 Å². The minimum atomic E-state index is -0.00735. The molecule has 0 saturated carbocycles. The van der Waals surface area contributed by atoms with Crippen LogP contribution in [0.25, 0.3) is 0 Å². The minimum absolute atomic E-state index is 0.00735. The fourth-order valence-corrected chi connectivity index (χ4v) is 2.65. The molecule has 1 N–H and O–H groups in total. The highest BCUT2D eigenvalue weighted by atomic mass is 16.2. The van der Waals surface area contributed by atoms with Crippen LogP contribution < -0.4 is 5.32 Å². The molecule has 1 aromatic carbocycles. The van der Waals surface area contributed by atoms with Crippen molar-refractivity contribution in [3.8, 4) is 0 Å². The lowest BCUT2D eigenvalue weighted by Gasteiger charge is -2.24. The molecule has 2 rings (SSSR count). The zero-order valence-electron chi connectivity index (χ0n) is 11.9. The average Bonchev–Trinajstić information content (AvgIpc) is 2.75. The van der Waals surface area contributed by atoms with Gasteiger partial charge in [0, 0.05) is 6.54 Å². The summed E-state index contributed by atoms with van der Waals surface area (Å²) >= 11 is 0. The normalized spacial score (nSPS) is 23.1. The molecule has 0 spiro atoms. The smallest absolute Gasteiger partial charge is 0.241 e. The van der Waals surface area contributed by atoms with Crippen LogP contribution in [0.2, 0.25) is 0 Å². The zero-order chi connectivity index (χ0) is 13.7. The first-order valence-electron chi connectivity index (χ1n) is 7.39. The van der Waals surface area contributed by atoms with Gasteiger partial charge in [0.1, 0.15) is 6.17 Å². The summed E-state index contributed by atoms with van der Waals surface area (Å²) < 4.78 is 0. The third-order valence-corrected chi connectivity index (χ3v) is 3.70. The van der Waals surface area contributed by atoms with Crippen molar-refractivity contribution in [2.24, 2.45) is 0 Å². The van der Waals surface area contributed by atoms with Crippen molar-refractivity contribution < 1.29 is 4.79 Å². The second-order valence-corrected chi connectivity index (χ2v) is 5.21. The lowest BCUT2D eigenvalue weighted by atomic mass is 10.1. The van der Waals surface area contributed by atoms with Crippen LogP contribution in [0.5, 0.6) is 0 Å². The van der Waals surface area contributed by atoms with E-state index in [0.29, 0.717) is 0 Å². The van der Waals surface area contributed by atoms with Gasteiger partial charge >= 0.3 is 0 Å². The van der Waals surface area contributed by atoms with E-state index in [4.69, 9.17) is 0 Å². The summed E-state index contributed by atoms with van der Waals surface area (Å²) in [7, 11) is 0. The fourth-order valence-electron chi connectivity index (χ4n) is 2.65. The monoisotopic (exact) mass is 260 g/mol. The van der Waals surface area contributed by atoms with E-state index in [1.807, 2.05) is 23.1 Å². The van der Waals surface area contributed by atoms with E-state index in [9.17, 15) is 4.79 Å². The molecule has 0 radical (unpaired) electrons. The molecule has 1 heterocycles. The van der Waals surface area contributed by atoms with Gasteiger partial charge in [-0.05, 0) is 18.4 Å². The summed E-state index contributed by atoms with van der Waals surface area (Å²) in [6.07, 6.45) is 4.19. The Labute approximate surface area is 116 Å². The third-order valence-electron chi connectivity index (χ3n) is 3.70. The van der Waals surface area contributed by atoms with Crippen molar-refractivity contribution in [3.63, 3.8) is 0 Å². The number of carbonyl (C=O) groups excluding carboxylic acids is 1.